The fourth-order valence-electron chi connectivity index (χ4n) is 1.63. The number of nitrogens with one attached hydrogen (secondary N) is 1. The van der Waals surface area contributed by atoms with Crippen LogP contribution in [0.1, 0.15) is 11.7 Å². The summed E-state index contributed by atoms with van der Waals surface area (Å²) >= 11 is 1.51. The van der Waals surface area contributed by atoms with Crippen molar-refractivity contribution in [3.8, 4) is 0 Å². The second kappa shape index (κ2) is 5.68. The van der Waals surface area contributed by atoms with Crippen LogP contribution in [0.4, 0.5) is 17.1 Å². The molecule has 7 heteroatoms. The Morgan fingerprint density at radius 1 is 1.47 bits per heavy atom. The van der Waals surface area contributed by atoms with Crippen LogP contribution in [0.15, 0.2) is 35.0 Å². The van der Waals surface area contributed by atoms with Crippen LogP contribution in [0, 0.1) is 10.1 Å². The third-order valence-electron chi connectivity index (χ3n) is 2.65. The van der Waals surface area contributed by atoms with E-state index in [1.165, 1.54) is 23.5 Å². The lowest BCUT2D eigenvalue weighted by Crippen LogP contribution is -2.11. The highest BCUT2D eigenvalue weighted by atomic mass is 32.1. The number of nitro benzene ring substituents is 1. The van der Waals surface area contributed by atoms with E-state index in [4.69, 9.17) is 5.73 Å². The van der Waals surface area contributed by atoms with Crippen molar-refractivity contribution >= 4 is 28.4 Å². The zero-order valence-electron chi connectivity index (χ0n) is 9.95. The van der Waals surface area contributed by atoms with Crippen molar-refractivity contribution in [2.24, 2.45) is 0 Å². The number of anilines is 2. The average Bonchev–Trinajstić information content (AvgIpc) is 2.89. The number of hydrogen-bond donors (Lipinski definition) is 3. The van der Waals surface area contributed by atoms with Gasteiger partial charge in [-0.2, -0.15) is 11.3 Å². The molecular weight excluding hydrogens is 266 g/mol. The molecule has 0 saturated carbocycles. The maximum Gasteiger partial charge on any atom is 0.292 e. The summed E-state index contributed by atoms with van der Waals surface area (Å²) in [6.07, 6.45) is -0.623. The van der Waals surface area contributed by atoms with Gasteiger partial charge in [0.1, 0.15) is 5.69 Å². The monoisotopic (exact) mass is 279 g/mol. The van der Waals surface area contributed by atoms with Crippen molar-refractivity contribution in [2.75, 3.05) is 17.6 Å². The van der Waals surface area contributed by atoms with E-state index in [-0.39, 0.29) is 11.4 Å². The Morgan fingerprint density at radius 2 is 2.26 bits per heavy atom. The molecule has 0 saturated heterocycles. The number of nitrogen functional groups attached to an aromatic ring is 1. The van der Waals surface area contributed by atoms with Crippen molar-refractivity contribution in [3.63, 3.8) is 0 Å². The van der Waals surface area contributed by atoms with Crippen LogP contribution in [0.3, 0.4) is 0 Å². The quantitative estimate of drug-likeness (QED) is 0.443. The first-order valence-electron chi connectivity index (χ1n) is 5.56. The summed E-state index contributed by atoms with van der Waals surface area (Å²) in [7, 11) is 0. The Hall–Kier alpha value is -2.12. The summed E-state index contributed by atoms with van der Waals surface area (Å²) < 4.78 is 0. The van der Waals surface area contributed by atoms with Crippen LogP contribution in [-0.2, 0) is 0 Å². The van der Waals surface area contributed by atoms with Gasteiger partial charge in [-0.3, -0.25) is 10.1 Å². The minimum atomic E-state index is -0.623. The Morgan fingerprint density at radius 3 is 2.84 bits per heavy atom. The van der Waals surface area contributed by atoms with Gasteiger partial charge in [0.2, 0.25) is 0 Å². The predicted octanol–water partition coefficient (Wildman–Crippen LogP) is 2.38. The largest absolute Gasteiger partial charge is 0.393 e. The molecule has 1 heterocycles. The van der Waals surface area contributed by atoms with Crippen LogP contribution in [-0.4, -0.2) is 16.6 Å². The number of thiophene rings is 1. The van der Waals surface area contributed by atoms with Crippen molar-refractivity contribution in [1.82, 2.24) is 0 Å². The molecule has 4 N–H and O–H groups in total. The first kappa shape index (κ1) is 13.3. The Bertz CT molecular complexity index is 572. The summed E-state index contributed by atoms with van der Waals surface area (Å²) in [4.78, 5) is 10.1. The van der Waals surface area contributed by atoms with Gasteiger partial charge in [-0.05, 0) is 34.5 Å². The zero-order valence-corrected chi connectivity index (χ0v) is 10.8. The molecule has 0 amide bonds. The molecule has 2 aromatic rings. The van der Waals surface area contributed by atoms with Gasteiger partial charge < -0.3 is 16.2 Å². The van der Waals surface area contributed by atoms with E-state index in [2.05, 4.69) is 5.32 Å². The van der Waals surface area contributed by atoms with Gasteiger partial charge in [0, 0.05) is 18.3 Å². The summed E-state index contributed by atoms with van der Waals surface area (Å²) in [5.41, 5.74) is 7.03. The van der Waals surface area contributed by atoms with Gasteiger partial charge in [0.15, 0.2) is 0 Å². The molecule has 100 valence electrons. The molecule has 19 heavy (non-hydrogen) atoms. The van der Waals surface area contributed by atoms with Crippen LogP contribution in [0.2, 0.25) is 0 Å². The van der Waals surface area contributed by atoms with Crippen LogP contribution >= 0.6 is 11.3 Å². The highest BCUT2D eigenvalue weighted by Gasteiger charge is 2.12. The molecule has 1 aromatic carbocycles. The van der Waals surface area contributed by atoms with Gasteiger partial charge in [-0.25, -0.2) is 0 Å². The number of aliphatic hydroxyl groups excluding tert-OH is 1. The molecule has 1 unspecified atom stereocenters. The molecule has 1 atom stereocenters. The van der Waals surface area contributed by atoms with E-state index in [0.29, 0.717) is 12.2 Å². The second-order valence-corrected chi connectivity index (χ2v) is 4.76. The van der Waals surface area contributed by atoms with E-state index in [1.54, 1.807) is 6.07 Å². The SMILES string of the molecule is Nc1cc(NCC(O)c2ccsc2)ccc1[N+](=O)[O-]. The van der Waals surface area contributed by atoms with Crippen molar-refractivity contribution in [3.05, 3.63) is 50.7 Å². The third-order valence-corrected chi connectivity index (χ3v) is 3.35. The van der Waals surface area contributed by atoms with Crippen molar-refractivity contribution in [1.29, 1.82) is 0 Å². The van der Waals surface area contributed by atoms with Gasteiger partial charge >= 0.3 is 0 Å². The zero-order chi connectivity index (χ0) is 13.8. The van der Waals surface area contributed by atoms with Gasteiger partial charge in [-0.1, -0.05) is 0 Å². The number of rotatable bonds is 5. The van der Waals surface area contributed by atoms with Crippen molar-refractivity contribution < 1.29 is 10.0 Å². The van der Waals surface area contributed by atoms with E-state index >= 15 is 0 Å². The molecule has 0 fully saturated rings. The average molecular weight is 279 g/mol. The summed E-state index contributed by atoms with van der Waals surface area (Å²) in [5, 5.41) is 27.3. The van der Waals surface area contributed by atoms with E-state index in [9.17, 15) is 15.2 Å². The molecule has 0 bridgehead atoms. The van der Waals surface area contributed by atoms with E-state index in [1.807, 2.05) is 16.8 Å². The first-order chi connectivity index (χ1) is 9.08. The normalized spacial score (nSPS) is 12.1. The fourth-order valence-corrected chi connectivity index (χ4v) is 2.33. The summed E-state index contributed by atoms with van der Waals surface area (Å²) in [6, 6.07) is 6.24. The molecule has 0 aliphatic rings. The highest BCUT2D eigenvalue weighted by molar-refractivity contribution is 7.07. The molecule has 6 nitrogen and oxygen atoms in total. The van der Waals surface area contributed by atoms with Crippen molar-refractivity contribution in [2.45, 2.75) is 6.10 Å². The number of benzene rings is 1. The number of nitro groups is 1. The molecule has 0 radical (unpaired) electrons. The first-order valence-corrected chi connectivity index (χ1v) is 6.50. The summed E-state index contributed by atoms with van der Waals surface area (Å²) in [5.74, 6) is 0. The molecule has 0 aliphatic carbocycles. The number of aliphatic hydroxyl groups is 1. The highest BCUT2D eigenvalue weighted by Crippen LogP contribution is 2.25. The minimum absolute atomic E-state index is 0.0972. The standard InChI is InChI=1S/C12H13N3O3S/c13-10-5-9(1-2-11(10)15(17)18)14-6-12(16)8-3-4-19-7-8/h1-5,7,12,14,16H,6,13H2. The maximum absolute atomic E-state index is 10.6. The Kier molecular flexibility index (Phi) is 3.98. The van der Waals surface area contributed by atoms with Gasteiger partial charge in [0.25, 0.3) is 5.69 Å². The second-order valence-electron chi connectivity index (χ2n) is 3.98. The number of hydrogen-bond acceptors (Lipinski definition) is 6. The summed E-state index contributed by atoms with van der Waals surface area (Å²) in [6.45, 7) is 0.313. The molecule has 2 rings (SSSR count). The van der Waals surface area contributed by atoms with Crippen LogP contribution in [0.5, 0.6) is 0 Å². The smallest absolute Gasteiger partial charge is 0.292 e. The third kappa shape index (κ3) is 3.21. The maximum atomic E-state index is 10.6. The van der Waals surface area contributed by atoms with Gasteiger partial charge in [-0.15, -0.1) is 0 Å². The number of nitrogens with two attached hydrogens (primary N) is 1. The lowest BCUT2D eigenvalue weighted by molar-refractivity contribution is -0.383. The molecule has 0 aliphatic heterocycles. The van der Waals surface area contributed by atoms with Gasteiger partial charge in [0.05, 0.1) is 11.0 Å². The lowest BCUT2D eigenvalue weighted by atomic mass is 10.2. The molecule has 0 spiro atoms. The Balaban J connectivity index is 2.00. The fraction of sp³-hybridized carbons (Fsp3) is 0.167. The topological polar surface area (TPSA) is 101 Å². The number of nitrogens with zero attached hydrogens (tertiary/aromatic N) is 1. The minimum Gasteiger partial charge on any atom is -0.393 e. The van der Waals surface area contributed by atoms with Crippen LogP contribution in [0.25, 0.3) is 0 Å². The molecular formula is C12H13N3O3S. The lowest BCUT2D eigenvalue weighted by Gasteiger charge is -2.12. The van der Waals surface area contributed by atoms with E-state index in [0.717, 1.165) is 5.56 Å². The molecule has 1 aromatic heterocycles. The van der Waals surface area contributed by atoms with E-state index < -0.39 is 11.0 Å². The van der Waals surface area contributed by atoms with Crippen LogP contribution < -0.4 is 11.1 Å². The Labute approximate surface area is 113 Å². The predicted molar refractivity (Wildman–Crippen MR) is 75.3 cm³/mol.